The lowest BCUT2D eigenvalue weighted by atomic mass is 10.1. The molecule has 1 heterocycles. The highest BCUT2D eigenvalue weighted by molar-refractivity contribution is 7.92. The molecule has 148 valence electrons. The summed E-state index contributed by atoms with van der Waals surface area (Å²) < 4.78 is 40.6. The van der Waals surface area contributed by atoms with Gasteiger partial charge in [0.1, 0.15) is 12.1 Å². The van der Waals surface area contributed by atoms with Crippen LogP contribution < -0.4 is 13.8 Å². The lowest BCUT2D eigenvalue weighted by Gasteiger charge is -2.24. The Hall–Kier alpha value is -2.33. The van der Waals surface area contributed by atoms with Gasteiger partial charge in [-0.2, -0.15) is 0 Å². The van der Waals surface area contributed by atoms with Crippen LogP contribution in [0.4, 0.5) is 5.69 Å². The van der Waals surface area contributed by atoms with Gasteiger partial charge in [0, 0.05) is 0 Å². The molecule has 27 heavy (non-hydrogen) atoms. The van der Waals surface area contributed by atoms with Crippen molar-refractivity contribution in [3.8, 4) is 11.8 Å². The fraction of sp³-hybridized carbons (Fsp3) is 0.438. The molecule has 1 aromatic heterocycles. The van der Waals surface area contributed by atoms with Crippen LogP contribution in [0.15, 0.2) is 6.07 Å². The lowest BCUT2D eigenvalue weighted by molar-refractivity contribution is -0.138. The largest absolute Gasteiger partial charge is 0.477 e. The number of esters is 1. The highest BCUT2D eigenvalue weighted by Gasteiger charge is 2.29. The minimum absolute atomic E-state index is 0.0346. The highest BCUT2D eigenvalue weighted by atomic mass is 35.5. The SMILES string of the molecule is CCc1cc2nc(OC)c(OC)nc2c(N(CC(=O)OC)S(C)(=O)=O)c1Cl. The standard InChI is InChI=1S/C16H20ClN3O6S/c1-6-9-7-10-13(19-16(26-4)15(18-10)25-3)14(12(9)17)20(27(5,22)23)8-11(21)24-2/h7H,6,8H2,1-5H3. The first kappa shape index (κ1) is 21.0. The van der Waals surface area contributed by atoms with Crippen LogP contribution >= 0.6 is 11.6 Å². The van der Waals surface area contributed by atoms with Crippen molar-refractivity contribution in [3.05, 3.63) is 16.7 Å². The Kier molecular flexibility index (Phi) is 6.32. The predicted octanol–water partition coefficient (Wildman–Crippen LogP) is 1.80. The molecule has 0 unspecified atom stereocenters. The van der Waals surface area contributed by atoms with E-state index in [-0.39, 0.29) is 28.0 Å². The third-order valence-corrected chi connectivity index (χ3v) is 5.34. The van der Waals surface area contributed by atoms with Gasteiger partial charge in [-0.25, -0.2) is 18.4 Å². The van der Waals surface area contributed by atoms with Gasteiger partial charge >= 0.3 is 5.97 Å². The summed E-state index contributed by atoms with van der Waals surface area (Å²) in [6.45, 7) is 1.30. The number of hydrogen-bond acceptors (Lipinski definition) is 8. The van der Waals surface area contributed by atoms with Crippen LogP contribution in [0.5, 0.6) is 11.8 Å². The Morgan fingerprint density at radius 1 is 1.19 bits per heavy atom. The van der Waals surface area contributed by atoms with Crippen molar-refractivity contribution >= 4 is 44.3 Å². The van der Waals surface area contributed by atoms with E-state index in [0.29, 0.717) is 17.5 Å². The second-order valence-corrected chi connectivity index (χ2v) is 7.79. The molecule has 0 saturated carbocycles. The molecule has 0 radical (unpaired) electrons. The number of benzene rings is 1. The molecular formula is C16H20ClN3O6S. The Balaban J connectivity index is 2.93. The maximum atomic E-state index is 12.4. The maximum absolute atomic E-state index is 12.4. The van der Waals surface area contributed by atoms with E-state index >= 15 is 0 Å². The number of methoxy groups -OCH3 is 3. The molecular weight excluding hydrogens is 398 g/mol. The number of aryl methyl sites for hydroxylation is 1. The van der Waals surface area contributed by atoms with Gasteiger partial charge in [0.25, 0.3) is 11.8 Å². The fourth-order valence-corrected chi connectivity index (χ4v) is 3.75. The lowest BCUT2D eigenvalue weighted by Crippen LogP contribution is -2.36. The van der Waals surface area contributed by atoms with E-state index < -0.39 is 22.5 Å². The van der Waals surface area contributed by atoms with Gasteiger partial charge in [-0.3, -0.25) is 9.10 Å². The number of anilines is 1. The minimum atomic E-state index is -3.89. The molecule has 0 spiro atoms. The Morgan fingerprint density at radius 2 is 1.78 bits per heavy atom. The smallest absolute Gasteiger partial charge is 0.326 e. The quantitative estimate of drug-likeness (QED) is 0.627. The summed E-state index contributed by atoms with van der Waals surface area (Å²) in [6, 6.07) is 1.69. The summed E-state index contributed by atoms with van der Waals surface area (Å²) in [5, 5.41) is 0.154. The number of sulfonamides is 1. The third kappa shape index (κ3) is 4.16. The second-order valence-electron chi connectivity index (χ2n) is 5.51. The molecule has 0 N–H and O–H groups in total. The van der Waals surface area contributed by atoms with Gasteiger partial charge in [-0.1, -0.05) is 18.5 Å². The second kappa shape index (κ2) is 8.13. The van der Waals surface area contributed by atoms with Crippen molar-refractivity contribution in [2.45, 2.75) is 13.3 Å². The van der Waals surface area contributed by atoms with Crippen molar-refractivity contribution in [2.75, 3.05) is 38.4 Å². The Bertz CT molecular complexity index is 980. The van der Waals surface area contributed by atoms with Crippen molar-refractivity contribution in [1.29, 1.82) is 0 Å². The molecule has 0 bridgehead atoms. The van der Waals surface area contributed by atoms with Gasteiger partial charge in [-0.05, 0) is 18.1 Å². The van der Waals surface area contributed by atoms with Gasteiger partial charge in [-0.15, -0.1) is 0 Å². The molecule has 0 aliphatic heterocycles. The molecule has 2 aromatic rings. The van der Waals surface area contributed by atoms with Gasteiger partial charge in [0.05, 0.1) is 43.8 Å². The van der Waals surface area contributed by atoms with E-state index in [1.165, 1.54) is 21.3 Å². The molecule has 0 fully saturated rings. The summed E-state index contributed by atoms with van der Waals surface area (Å²) in [4.78, 5) is 20.5. The summed E-state index contributed by atoms with van der Waals surface area (Å²) in [5.41, 5.74) is 1.18. The normalized spacial score (nSPS) is 11.3. The zero-order chi connectivity index (χ0) is 20.4. The number of fused-ring (bicyclic) bond motifs is 1. The average Bonchev–Trinajstić information content (AvgIpc) is 2.64. The van der Waals surface area contributed by atoms with E-state index in [1.807, 2.05) is 6.92 Å². The van der Waals surface area contributed by atoms with Gasteiger partial charge < -0.3 is 14.2 Å². The van der Waals surface area contributed by atoms with Crippen molar-refractivity contribution in [1.82, 2.24) is 9.97 Å². The molecule has 2 rings (SSSR count). The molecule has 11 heteroatoms. The van der Waals surface area contributed by atoms with Crippen molar-refractivity contribution in [2.24, 2.45) is 0 Å². The summed E-state index contributed by atoms with van der Waals surface area (Å²) >= 11 is 6.49. The molecule has 9 nitrogen and oxygen atoms in total. The fourth-order valence-electron chi connectivity index (χ4n) is 2.47. The number of rotatable bonds is 7. The van der Waals surface area contributed by atoms with Crippen LogP contribution in [0.2, 0.25) is 5.02 Å². The van der Waals surface area contributed by atoms with E-state index in [0.717, 1.165) is 10.6 Å². The third-order valence-electron chi connectivity index (χ3n) is 3.80. The minimum Gasteiger partial charge on any atom is -0.477 e. The van der Waals surface area contributed by atoms with Crippen LogP contribution in [0.25, 0.3) is 11.0 Å². The number of nitrogens with zero attached hydrogens (tertiary/aromatic N) is 3. The zero-order valence-electron chi connectivity index (χ0n) is 15.6. The number of hydrogen-bond donors (Lipinski definition) is 0. The number of aromatic nitrogens is 2. The molecule has 0 amide bonds. The first-order valence-corrected chi connectivity index (χ1v) is 10.1. The van der Waals surface area contributed by atoms with E-state index in [2.05, 4.69) is 14.7 Å². The Morgan fingerprint density at radius 3 is 2.26 bits per heavy atom. The topological polar surface area (TPSA) is 108 Å². The van der Waals surface area contributed by atoms with E-state index in [1.54, 1.807) is 6.07 Å². The van der Waals surface area contributed by atoms with Crippen LogP contribution in [0, 0.1) is 0 Å². The van der Waals surface area contributed by atoms with Gasteiger partial charge in [0.15, 0.2) is 0 Å². The summed E-state index contributed by atoms with van der Waals surface area (Å²) in [6.07, 6.45) is 1.47. The molecule has 0 aliphatic rings. The predicted molar refractivity (Wildman–Crippen MR) is 101 cm³/mol. The first-order chi connectivity index (χ1) is 12.7. The monoisotopic (exact) mass is 417 g/mol. The van der Waals surface area contributed by atoms with Crippen molar-refractivity contribution in [3.63, 3.8) is 0 Å². The number of carbonyl (C=O) groups excluding carboxylic acids is 1. The highest BCUT2D eigenvalue weighted by Crippen LogP contribution is 2.39. The number of carbonyl (C=O) groups is 1. The molecule has 0 atom stereocenters. The summed E-state index contributed by atoms with van der Waals surface area (Å²) in [5.74, 6) is -0.558. The molecule has 0 aliphatic carbocycles. The maximum Gasteiger partial charge on any atom is 0.326 e. The van der Waals surface area contributed by atoms with Crippen LogP contribution in [-0.2, 0) is 26.0 Å². The van der Waals surface area contributed by atoms with E-state index in [9.17, 15) is 13.2 Å². The molecule has 1 aromatic carbocycles. The van der Waals surface area contributed by atoms with Crippen LogP contribution in [-0.4, -0.2) is 58.5 Å². The Labute approximate surface area is 162 Å². The van der Waals surface area contributed by atoms with Crippen LogP contribution in [0.3, 0.4) is 0 Å². The van der Waals surface area contributed by atoms with Crippen LogP contribution in [0.1, 0.15) is 12.5 Å². The van der Waals surface area contributed by atoms with Gasteiger partial charge in [0.2, 0.25) is 10.0 Å². The zero-order valence-corrected chi connectivity index (χ0v) is 17.1. The van der Waals surface area contributed by atoms with E-state index in [4.69, 9.17) is 21.1 Å². The number of halogens is 1. The number of ether oxygens (including phenoxy) is 3. The molecule has 0 saturated heterocycles. The van der Waals surface area contributed by atoms with Crippen molar-refractivity contribution < 1.29 is 27.4 Å². The average molecular weight is 418 g/mol. The summed E-state index contributed by atoms with van der Waals surface area (Å²) in [7, 11) is 0.0667. The first-order valence-electron chi connectivity index (χ1n) is 7.83.